The number of aromatic carboxylic acids is 1. The molecule has 0 aliphatic carbocycles. The van der Waals surface area contributed by atoms with Crippen molar-refractivity contribution in [2.75, 3.05) is 4.90 Å². The van der Waals surface area contributed by atoms with Crippen molar-refractivity contribution in [3.05, 3.63) is 99.0 Å². The number of nitrogens with one attached hydrogen (secondary N) is 1. The number of nitrogens with zero attached hydrogens (tertiary/aromatic N) is 1. The summed E-state index contributed by atoms with van der Waals surface area (Å²) in [5.74, 6) is -2.21. The maximum absolute atomic E-state index is 13.0. The first-order chi connectivity index (χ1) is 16.7. The van der Waals surface area contributed by atoms with Crippen LogP contribution >= 0.6 is 23.2 Å². The highest BCUT2D eigenvalue weighted by molar-refractivity contribution is 6.46. The predicted molar refractivity (Wildman–Crippen MR) is 130 cm³/mol. The average Bonchev–Trinajstić information content (AvgIpc) is 2.84. The molecule has 0 bridgehead atoms. The fourth-order valence-corrected chi connectivity index (χ4v) is 3.71. The lowest BCUT2D eigenvalue weighted by Crippen LogP contribution is -2.54. The third-order valence-electron chi connectivity index (χ3n) is 5.04. The second-order valence-corrected chi connectivity index (χ2v) is 8.18. The molecule has 0 saturated carbocycles. The molecule has 35 heavy (non-hydrogen) atoms. The molecule has 4 rings (SSSR count). The van der Waals surface area contributed by atoms with E-state index in [1.807, 2.05) is 0 Å². The Labute approximate surface area is 209 Å². The van der Waals surface area contributed by atoms with E-state index in [9.17, 15) is 19.2 Å². The number of carboxylic acid groups (broad SMARTS) is 1. The molecular weight excluding hydrogens is 495 g/mol. The van der Waals surface area contributed by atoms with Crippen molar-refractivity contribution in [1.29, 1.82) is 0 Å². The van der Waals surface area contributed by atoms with Gasteiger partial charge in [0.15, 0.2) is 0 Å². The third-order valence-corrected chi connectivity index (χ3v) is 5.85. The summed E-state index contributed by atoms with van der Waals surface area (Å²) in [6, 6.07) is 16.5. The van der Waals surface area contributed by atoms with Crippen LogP contribution in [0.5, 0.6) is 5.75 Å². The summed E-state index contributed by atoms with van der Waals surface area (Å²) in [7, 11) is 0. The van der Waals surface area contributed by atoms with Gasteiger partial charge in [0.25, 0.3) is 11.8 Å². The summed E-state index contributed by atoms with van der Waals surface area (Å²) in [5, 5.41) is 11.4. The van der Waals surface area contributed by atoms with Crippen molar-refractivity contribution in [3.63, 3.8) is 0 Å². The van der Waals surface area contributed by atoms with Crippen LogP contribution in [0, 0.1) is 0 Å². The zero-order chi connectivity index (χ0) is 25.1. The van der Waals surface area contributed by atoms with E-state index >= 15 is 0 Å². The maximum atomic E-state index is 13.0. The van der Waals surface area contributed by atoms with Gasteiger partial charge in [-0.1, -0.05) is 53.5 Å². The first-order valence-corrected chi connectivity index (χ1v) is 10.9. The molecule has 1 saturated heterocycles. The number of halogens is 2. The van der Waals surface area contributed by atoms with Gasteiger partial charge < -0.3 is 9.84 Å². The minimum atomic E-state index is -1.02. The highest BCUT2D eigenvalue weighted by Crippen LogP contribution is 2.34. The van der Waals surface area contributed by atoms with E-state index in [0.29, 0.717) is 16.9 Å². The van der Waals surface area contributed by atoms with Crippen LogP contribution in [0.15, 0.2) is 72.3 Å². The van der Waals surface area contributed by atoms with E-state index in [-0.39, 0.29) is 33.5 Å². The van der Waals surface area contributed by atoms with Gasteiger partial charge in [-0.15, -0.1) is 0 Å². The molecule has 1 aliphatic heterocycles. The van der Waals surface area contributed by atoms with Crippen molar-refractivity contribution in [2.45, 2.75) is 6.61 Å². The van der Waals surface area contributed by atoms with Crippen molar-refractivity contribution >= 4 is 58.8 Å². The number of hydrogen-bond acceptors (Lipinski definition) is 5. The van der Waals surface area contributed by atoms with Gasteiger partial charge in [0, 0.05) is 0 Å². The van der Waals surface area contributed by atoms with E-state index in [1.165, 1.54) is 36.4 Å². The quantitative estimate of drug-likeness (QED) is 0.358. The molecule has 1 heterocycles. The second-order valence-electron chi connectivity index (χ2n) is 7.39. The minimum absolute atomic E-state index is 0.00163. The van der Waals surface area contributed by atoms with Gasteiger partial charge in [-0.25, -0.2) is 14.5 Å². The first-order valence-electron chi connectivity index (χ1n) is 10.1. The molecule has 0 spiro atoms. The molecule has 0 unspecified atom stereocenters. The number of hydrogen-bond donors (Lipinski definition) is 2. The lowest BCUT2D eigenvalue weighted by atomic mass is 10.1. The lowest BCUT2D eigenvalue weighted by molar-refractivity contribution is -0.122. The lowest BCUT2D eigenvalue weighted by Gasteiger charge is -2.27. The Morgan fingerprint density at radius 2 is 1.71 bits per heavy atom. The summed E-state index contributed by atoms with van der Waals surface area (Å²) in [5.41, 5.74) is 1.14. The standard InChI is InChI=1S/C25H16Cl2N2O6/c26-19-5-2-6-20(21(19)27)29-23(31)18(22(30)28-25(29)34)12-14-7-9-17(10-8-14)35-13-15-3-1-4-16(11-15)24(32)33/h1-12H,13H2,(H,32,33)(H,28,30,34)/b18-12+. The zero-order valence-corrected chi connectivity index (χ0v) is 19.3. The average molecular weight is 511 g/mol. The van der Waals surface area contributed by atoms with Gasteiger partial charge in [-0.05, 0) is 53.6 Å². The number of rotatable bonds is 6. The van der Waals surface area contributed by atoms with Crippen LogP contribution in [0.3, 0.4) is 0 Å². The Balaban J connectivity index is 1.52. The Morgan fingerprint density at radius 1 is 1.00 bits per heavy atom. The predicted octanol–water partition coefficient (Wildman–Crippen LogP) is 4.94. The first kappa shape index (κ1) is 24.0. The van der Waals surface area contributed by atoms with E-state index in [2.05, 4.69) is 5.32 Å². The highest BCUT2D eigenvalue weighted by Gasteiger charge is 2.38. The molecule has 3 aromatic carbocycles. The van der Waals surface area contributed by atoms with Crippen molar-refractivity contribution < 1.29 is 29.0 Å². The number of carboxylic acids is 1. The molecule has 0 radical (unpaired) electrons. The Hall–Kier alpha value is -4.14. The zero-order valence-electron chi connectivity index (χ0n) is 17.8. The SMILES string of the molecule is O=C1NC(=O)N(c2cccc(Cl)c2Cl)C(=O)/C1=C/c1ccc(OCc2cccc(C(=O)O)c2)cc1. The molecule has 2 N–H and O–H groups in total. The fraction of sp³-hybridized carbons (Fsp3) is 0.0400. The molecule has 1 aliphatic rings. The minimum Gasteiger partial charge on any atom is -0.489 e. The molecular formula is C25H16Cl2N2O6. The summed E-state index contributed by atoms with van der Waals surface area (Å²) in [6.45, 7) is 0.153. The smallest absolute Gasteiger partial charge is 0.336 e. The van der Waals surface area contributed by atoms with E-state index in [4.69, 9.17) is 33.0 Å². The fourth-order valence-electron chi connectivity index (χ4n) is 3.33. The molecule has 8 nitrogen and oxygen atoms in total. The summed E-state index contributed by atoms with van der Waals surface area (Å²) in [6.07, 6.45) is 1.34. The summed E-state index contributed by atoms with van der Waals surface area (Å²) < 4.78 is 5.69. The van der Waals surface area contributed by atoms with Crippen molar-refractivity contribution in [1.82, 2.24) is 5.32 Å². The van der Waals surface area contributed by atoms with Gasteiger partial charge >= 0.3 is 12.0 Å². The summed E-state index contributed by atoms with van der Waals surface area (Å²) in [4.78, 5) is 49.6. The molecule has 4 amide bonds. The number of ether oxygens (including phenoxy) is 1. The van der Waals surface area contributed by atoms with Gasteiger partial charge in [0.1, 0.15) is 17.9 Å². The number of urea groups is 1. The largest absolute Gasteiger partial charge is 0.489 e. The normalized spacial score (nSPS) is 14.7. The topological polar surface area (TPSA) is 113 Å². The maximum Gasteiger partial charge on any atom is 0.336 e. The molecule has 10 heteroatoms. The van der Waals surface area contributed by atoms with Crippen LogP contribution in [-0.2, 0) is 16.2 Å². The van der Waals surface area contributed by atoms with Gasteiger partial charge in [0.05, 0.1) is 21.3 Å². The van der Waals surface area contributed by atoms with E-state index < -0.39 is 23.8 Å². The number of barbiturate groups is 1. The van der Waals surface area contributed by atoms with E-state index in [1.54, 1.807) is 36.4 Å². The Bertz CT molecular complexity index is 1380. The van der Waals surface area contributed by atoms with Crippen LogP contribution in [0.1, 0.15) is 21.5 Å². The molecule has 176 valence electrons. The van der Waals surface area contributed by atoms with Gasteiger partial charge in [0.2, 0.25) is 0 Å². The third kappa shape index (κ3) is 5.18. The Kier molecular flexibility index (Phi) is 6.86. The van der Waals surface area contributed by atoms with E-state index in [0.717, 1.165) is 4.90 Å². The van der Waals surface area contributed by atoms with Crippen molar-refractivity contribution in [2.24, 2.45) is 0 Å². The monoisotopic (exact) mass is 510 g/mol. The molecule has 0 atom stereocenters. The Morgan fingerprint density at radius 3 is 2.43 bits per heavy atom. The number of benzene rings is 3. The molecule has 0 aromatic heterocycles. The van der Waals surface area contributed by atoms with Gasteiger partial charge in [-0.3, -0.25) is 14.9 Å². The van der Waals surface area contributed by atoms with Crippen LogP contribution in [0.2, 0.25) is 10.0 Å². The molecule has 3 aromatic rings. The summed E-state index contributed by atoms with van der Waals surface area (Å²) >= 11 is 12.2. The van der Waals surface area contributed by atoms with Crippen LogP contribution in [0.4, 0.5) is 10.5 Å². The van der Waals surface area contributed by atoms with Crippen LogP contribution in [0.25, 0.3) is 6.08 Å². The number of carbonyl (C=O) groups excluding carboxylic acids is 3. The highest BCUT2D eigenvalue weighted by atomic mass is 35.5. The number of amides is 4. The van der Waals surface area contributed by atoms with Crippen LogP contribution < -0.4 is 15.0 Å². The van der Waals surface area contributed by atoms with Crippen molar-refractivity contribution in [3.8, 4) is 5.75 Å². The van der Waals surface area contributed by atoms with Crippen LogP contribution in [-0.4, -0.2) is 28.9 Å². The van der Waals surface area contributed by atoms with Gasteiger partial charge in [-0.2, -0.15) is 0 Å². The number of imide groups is 2. The second kappa shape index (κ2) is 10.0. The number of carbonyl (C=O) groups is 4. The molecule has 1 fully saturated rings. The number of anilines is 1.